The molecule has 4 heteroatoms. The molecule has 0 unspecified atom stereocenters. The van der Waals surface area contributed by atoms with Gasteiger partial charge >= 0.3 is 0 Å². The third-order valence-electron chi connectivity index (χ3n) is 5.12. The summed E-state index contributed by atoms with van der Waals surface area (Å²) in [7, 11) is 1.70. The van der Waals surface area contributed by atoms with E-state index in [4.69, 9.17) is 4.74 Å². The van der Waals surface area contributed by atoms with E-state index in [0.717, 1.165) is 37.9 Å². The molecule has 1 aromatic rings. The van der Waals surface area contributed by atoms with Crippen LogP contribution in [0.5, 0.6) is 0 Å². The zero-order valence-electron chi connectivity index (χ0n) is 13.1. The molecule has 0 atom stereocenters. The van der Waals surface area contributed by atoms with Gasteiger partial charge < -0.3 is 9.64 Å². The number of ether oxygens (including phenoxy) is 1. The van der Waals surface area contributed by atoms with Crippen LogP contribution < -0.4 is 4.90 Å². The van der Waals surface area contributed by atoms with Crippen molar-refractivity contribution in [2.75, 3.05) is 25.2 Å². The summed E-state index contributed by atoms with van der Waals surface area (Å²) in [5.41, 5.74) is 1.91. The predicted molar refractivity (Wildman–Crippen MR) is 84.9 cm³/mol. The molecule has 118 valence electrons. The van der Waals surface area contributed by atoms with Gasteiger partial charge in [-0.3, -0.25) is 9.59 Å². The van der Waals surface area contributed by atoms with E-state index in [2.05, 4.69) is 12.1 Å². The Morgan fingerprint density at radius 2 is 1.77 bits per heavy atom. The predicted octanol–water partition coefficient (Wildman–Crippen LogP) is 2.74. The van der Waals surface area contributed by atoms with Crippen LogP contribution in [0.1, 0.15) is 37.7 Å². The summed E-state index contributed by atoms with van der Waals surface area (Å²) in [6.07, 6.45) is 4.35. The van der Waals surface area contributed by atoms with Gasteiger partial charge in [0.1, 0.15) is 5.78 Å². The van der Waals surface area contributed by atoms with Gasteiger partial charge in [0.2, 0.25) is 5.91 Å². The Hall–Kier alpha value is -1.68. The number of amides is 1. The number of anilines is 1. The summed E-state index contributed by atoms with van der Waals surface area (Å²) >= 11 is 0. The van der Waals surface area contributed by atoms with E-state index in [1.54, 1.807) is 7.11 Å². The number of Topliss-reactive ketones (excluding diaryl/α,β-unsaturated/α-hetero) is 1. The second-order valence-corrected chi connectivity index (χ2v) is 6.44. The lowest BCUT2D eigenvalue weighted by molar-refractivity contribution is -0.130. The first-order valence-electron chi connectivity index (χ1n) is 8.06. The van der Waals surface area contributed by atoms with Crippen molar-refractivity contribution >= 4 is 17.4 Å². The highest BCUT2D eigenvalue weighted by atomic mass is 16.5. The number of rotatable bonds is 4. The average molecular weight is 301 g/mol. The minimum absolute atomic E-state index is 0.213. The topological polar surface area (TPSA) is 46.6 Å². The molecule has 2 fully saturated rings. The van der Waals surface area contributed by atoms with E-state index >= 15 is 0 Å². The molecule has 22 heavy (non-hydrogen) atoms. The standard InChI is InChI=1S/C18H23NO3/c1-22-13-8-14-2-4-15(5-3-14)19-12-11-18(17(19)21)9-6-16(20)7-10-18/h2-5H,6-13H2,1H3. The van der Waals surface area contributed by atoms with Crippen LogP contribution in [0.15, 0.2) is 24.3 Å². The van der Waals surface area contributed by atoms with E-state index in [1.807, 2.05) is 17.0 Å². The van der Waals surface area contributed by atoms with Gasteiger partial charge in [0.15, 0.2) is 0 Å². The minimum Gasteiger partial charge on any atom is -0.384 e. The highest BCUT2D eigenvalue weighted by Crippen LogP contribution is 2.45. The molecule has 1 saturated heterocycles. The SMILES string of the molecule is COCCc1ccc(N2CCC3(CCC(=O)CC3)C2=O)cc1. The molecular formula is C18H23NO3. The first-order chi connectivity index (χ1) is 10.6. The fourth-order valence-corrected chi connectivity index (χ4v) is 3.60. The summed E-state index contributed by atoms with van der Waals surface area (Å²) in [5, 5.41) is 0. The van der Waals surface area contributed by atoms with Gasteiger partial charge in [-0.1, -0.05) is 12.1 Å². The van der Waals surface area contributed by atoms with Crippen LogP contribution in [0, 0.1) is 5.41 Å². The smallest absolute Gasteiger partial charge is 0.233 e. The van der Waals surface area contributed by atoms with Gasteiger partial charge in [-0.25, -0.2) is 0 Å². The maximum atomic E-state index is 12.8. The molecule has 0 N–H and O–H groups in total. The number of hydrogen-bond donors (Lipinski definition) is 0. The number of carbonyl (C=O) groups excluding carboxylic acids is 2. The van der Waals surface area contributed by atoms with E-state index < -0.39 is 0 Å². The number of carbonyl (C=O) groups is 2. The van der Waals surface area contributed by atoms with Gasteiger partial charge in [0, 0.05) is 32.2 Å². The molecule has 1 amide bonds. The summed E-state index contributed by atoms with van der Waals surface area (Å²) in [4.78, 5) is 26.2. The lowest BCUT2D eigenvalue weighted by Gasteiger charge is -2.31. The van der Waals surface area contributed by atoms with Gasteiger partial charge in [0.05, 0.1) is 12.0 Å². The Morgan fingerprint density at radius 1 is 1.09 bits per heavy atom. The Labute approximate surface area is 131 Å². The third-order valence-corrected chi connectivity index (χ3v) is 5.12. The summed E-state index contributed by atoms with van der Waals surface area (Å²) in [6.45, 7) is 1.48. The van der Waals surface area contributed by atoms with E-state index in [0.29, 0.717) is 25.2 Å². The molecule has 1 spiro atoms. The van der Waals surface area contributed by atoms with Crippen molar-refractivity contribution in [3.05, 3.63) is 29.8 Å². The quantitative estimate of drug-likeness (QED) is 0.859. The lowest BCUT2D eigenvalue weighted by atomic mass is 9.72. The van der Waals surface area contributed by atoms with Crippen molar-refractivity contribution in [2.45, 2.75) is 38.5 Å². The second kappa shape index (κ2) is 6.21. The number of hydrogen-bond acceptors (Lipinski definition) is 3. The molecule has 1 aliphatic carbocycles. The molecule has 0 radical (unpaired) electrons. The Morgan fingerprint density at radius 3 is 2.41 bits per heavy atom. The fourth-order valence-electron chi connectivity index (χ4n) is 3.60. The van der Waals surface area contributed by atoms with E-state index in [-0.39, 0.29) is 11.3 Å². The van der Waals surface area contributed by atoms with Crippen molar-refractivity contribution in [1.29, 1.82) is 0 Å². The molecule has 1 aromatic carbocycles. The summed E-state index contributed by atoms with van der Waals surface area (Å²) in [5.74, 6) is 0.518. The molecule has 1 aliphatic heterocycles. The van der Waals surface area contributed by atoms with Gasteiger partial charge in [0.25, 0.3) is 0 Å². The number of methoxy groups -OCH3 is 1. The minimum atomic E-state index is -0.275. The van der Waals surface area contributed by atoms with Crippen LogP contribution >= 0.6 is 0 Å². The summed E-state index contributed by atoms with van der Waals surface area (Å²) in [6, 6.07) is 8.18. The largest absolute Gasteiger partial charge is 0.384 e. The maximum absolute atomic E-state index is 12.8. The van der Waals surface area contributed by atoms with Crippen molar-refractivity contribution in [1.82, 2.24) is 0 Å². The first kappa shape index (κ1) is 15.2. The van der Waals surface area contributed by atoms with Gasteiger partial charge in [-0.05, 0) is 43.4 Å². The Balaban J connectivity index is 1.71. The van der Waals surface area contributed by atoms with Crippen LogP contribution in [-0.4, -0.2) is 32.0 Å². The van der Waals surface area contributed by atoms with Crippen LogP contribution in [0.25, 0.3) is 0 Å². The highest BCUT2D eigenvalue weighted by Gasteiger charge is 2.48. The van der Waals surface area contributed by atoms with Crippen LogP contribution in [0.4, 0.5) is 5.69 Å². The van der Waals surface area contributed by atoms with Crippen LogP contribution in [0.2, 0.25) is 0 Å². The molecule has 1 saturated carbocycles. The lowest BCUT2D eigenvalue weighted by Crippen LogP contribution is -2.37. The van der Waals surface area contributed by atoms with Gasteiger partial charge in [-0.15, -0.1) is 0 Å². The van der Waals surface area contributed by atoms with Crippen molar-refractivity contribution in [3.8, 4) is 0 Å². The normalized spacial score (nSPS) is 20.9. The molecule has 0 aromatic heterocycles. The number of nitrogens with zero attached hydrogens (tertiary/aromatic N) is 1. The second-order valence-electron chi connectivity index (χ2n) is 6.44. The maximum Gasteiger partial charge on any atom is 0.233 e. The van der Waals surface area contributed by atoms with Crippen molar-refractivity contribution in [2.24, 2.45) is 5.41 Å². The first-order valence-corrected chi connectivity index (χ1v) is 8.06. The summed E-state index contributed by atoms with van der Waals surface area (Å²) < 4.78 is 5.08. The molecule has 1 heterocycles. The van der Waals surface area contributed by atoms with Gasteiger partial charge in [-0.2, -0.15) is 0 Å². The Kier molecular flexibility index (Phi) is 4.30. The molecule has 3 rings (SSSR count). The zero-order valence-corrected chi connectivity index (χ0v) is 13.1. The zero-order chi connectivity index (χ0) is 15.6. The number of ketones is 1. The van der Waals surface area contributed by atoms with Crippen molar-refractivity contribution < 1.29 is 14.3 Å². The third kappa shape index (κ3) is 2.80. The number of benzene rings is 1. The molecule has 0 bridgehead atoms. The van der Waals surface area contributed by atoms with E-state index in [1.165, 1.54) is 5.56 Å². The monoisotopic (exact) mass is 301 g/mol. The van der Waals surface area contributed by atoms with Crippen molar-refractivity contribution in [3.63, 3.8) is 0 Å². The van der Waals surface area contributed by atoms with Crippen LogP contribution in [0.3, 0.4) is 0 Å². The fraction of sp³-hybridized carbons (Fsp3) is 0.556. The molecular weight excluding hydrogens is 278 g/mol. The van der Waals surface area contributed by atoms with Crippen LogP contribution in [-0.2, 0) is 20.7 Å². The molecule has 2 aliphatic rings. The van der Waals surface area contributed by atoms with E-state index in [9.17, 15) is 9.59 Å². The average Bonchev–Trinajstić information content (AvgIpc) is 2.86. The molecule has 4 nitrogen and oxygen atoms in total. The Bertz CT molecular complexity index is 554. The highest BCUT2D eigenvalue weighted by molar-refractivity contribution is 6.01.